The number of halogens is 3. The first-order chi connectivity index (χ1) is 12.8. The van der Waals surface area contributed by atoms with E-state index in [1.807, 2.05) is 0 Å². The summed E-state index contributed by atoms with van der Waals surface area (Å²) >= 11 is 0. The molecule has 0 spiro atoms. The third kappa shape index (κ3) is 5.69. The average molecular weight is 383 g/mol. The lowest BCUT2D eigenvalue weighted by atomic mass is 9.98. The third-order valence-corrected chi connectivity index (χ3v) is 5.64. The summed E-state index contributed by atoms with van der Waals surface area (Å²) in [6.07, 6.45) is -0.125. The van der Waals surface area contributed by atoms with Gasteiger partial charge in [0.2, 0.25) is 5.91 Å². The number of piperidine rings is 2. The quantitative estimate of drug-likeness (QED) is 0.869. The fraction of sp³-hybridized carbons (Fsp3) is 0.650. The van der Waals surface area contributed by atoms with Crippen molar-refractivity contribution in [2.24, 2.45) is 0 Å². The van der Waals surface area contributed by atoms with Crippen LogP contribution in [0, 0.1) is 0 Å². The van der Waals surface area contributed by atoms with Crippen LogP contribution >= 0.6 is 0 Å². The fourth-order valence-corrected chi connectivity index (χ4v) is 4.14. The predicted octanol–water partition coefficient (Wildman–Crippen LogP) is 2.92. The zero-order valence-corrected chi connectivity index (χ0v) is 15.8. The number of nitrogens with one attached hydrogen (secondary N) is 1. The molecule has 1 aromatic rings. The molecule has 2 aliphatic rings. The van der Waals surface area contributed by atoms with Crippen LogP contribution in [0.15, 0.2) is 24.3 Å². The van der Waals surface area contributed by atoms with Crippen molar-refractivity contribution in [2.45, 2.75) is 50.4 Å². The van der Waals surface area contributed by atoms with Gasteiger partial charge in [-0.1, -0.05) is 18.2 Å². The van der Waals surface area contributed by atoms with Crippen molar-refractivity contribution in [3.63, 3.8) is 0 Å². The molecule has 1 aromatic carbocycles. The van der Waals surface area contributed by atoms with Gasteiger partial charge in [-0.25, -0.2) is 0 Å². The van der Waals surface area contributed by atoms with Gasteiger partial charge < -0.3 is 10.2 Å². The van der Waals surface area contributed by atoms with Crippen LogP contribution in [-0.2, 0) is 17.4 Å². The van der Waals surface area contributed by atoms with Crippen LogP contribution in [0.5, 0.6) is 0 Å². The van der Waals surface area contributed by atoms with Crippen LogP contribution in [0.4, 0.5) is 13.2 Å². The van der Waals surface area contributed by atoms with Crippen LogP contribution in [-0.4, -0.2) is 61.0 Å². The summed E-state index contributed by atoms with van der Waals surface area (Å²) in [6, 6.07) is 5.67. The molecule has 4 nitrogen and oxygen atoms in total. The van der Waals surface area contributed by atoms with Crippen molar-refractivity contribution in [1.29, 1.82) is 0 Å². The average Bonchev–Trinajstić information content (AvgIpc) is 2.62. The topological polar surface area (TPSA) is 35.6 Å². The number of likely N-dealkylation sites (tertiary alicyclic amines) is 2. The number of alkyl halides is 3. The van der Waals surface area contributed by atoms with Crippen LogP contribution < -0.4 is 5.32 Å². The Hall–Kier alpha value is -1.60. The van der Waals surface area contributed by atoms with Gasteiger partial charge >= 0.3 is 6.18 Å². The Morgan fingerprint density at radius 1 is 1.19 bits per heavy atom. The smallest absolute Gasteiger partial charge is 0.352 e. The van der Waals surface area contributed by atoms with E-state index in [-0.39, 0.29) is 18.4 Å². The van der Waals surface area contributed by atoms with Crippen molar-refractivity contribution in [2.75, 3.05) is 33.2 Å². The minimum atomic E-state index is -4.38. The molecule has 1 amide bonds. The zero-order chi connectivity index (χ0) is 19.4. The van der Waals surface area contributed by atoms with Crippen molar-refractivity contribution in [3.05, 3.63) is 35.4 Å². The Morgan fingerprint density at radius 2 is 1.93 bits per heavy atom. The Balaban J connectivity index is 1.52. The Morgan fingerprint density at radius 3 is 2.63 bits per heavy atom. The number of carbonyl (C=O) groups excluding carboxylic acids is 1. The van der Waals surface area contributed by atoms with E-state index in [0.29, 0.717) is 11.6 Å². The number of benzene rings is 1. The van der Waals surface area contributed by atoms with E-state index in [9.17, 15) is 18.0 Å². The van der Waals surface area contributed by atoms with Crippen molar-refractivity contribution in [3.8, 4) is 0 Å². The second-order valence-electron chi connectivity index (χ2n) is 7.81. The summed E-state index contributed by atoms with van der Waals surface area (Å²) in [7, 11) is 2.14. The molecule has 0 aromatic heterocycles. The minimum Gasteiger partial charge on any atom is -0.352 e. The highest BCUT2D eigenvalue weighted by atomic mass is 19.4. The summed E-state index contributed by atoms with van der Waals surface area (Å²) < 4.78 is 38.4. The number of amides is 1. The van der Waals surface area contributed by atoms with Crippen LogP contribution in [0.1, 0.15) is 36.8 Å². The molecule has 2 heterocycles. The highest BCUT2D eigenvalue weighted by Gasteiger charge is 2.31. The first-order valence-corrected chi connectivity index (χ1v) is 9.69. The van der Waals surface area contributed by atoms with E-state index < -0.39 is 11.7 Å². The highest BCUT2D eigenvalue weighted by molar-refractivity contribution is 5.79. The Labute approximate surface area is 158 Å². The van der Waals surface area contributed by atoms with Gasteiger partial charge in [0.15, 0.2) is 0 Å². The lowest BCUT2D eigenvalue weighted by molar-refractivity contribution is -0.137. The van der Waals surface area contributed by atoms with Crippen molar-refractivity contribution in [1.82, 2.24) is 15.1 Å². The van der Waals surface area contributed by atoms with E-state index in [0.717, 1.165) is 64.0 Å². The van der Waals surface area contributed by atoms with Crippen LogP contribution in [0.2, 0.25) is 0 Å². The zero-order valence-electron chi connectivity index (χ0n) is 15.8. The molecule has 1 atom stereocenters. The van der Waals surface area contributed by atoms with Gasteiger partial charge in [0.25, 0.3) is 0 Å². The number of hydrogen-bond acceptors (Lipinski definition) is 3. The molecule has 7 heteroatoms. The molecule has 2 fully saturated rings. The van der Waals surface area contributed by atoms with E-state index in [1.54, 1.807) is 6.07 Å². The van der Waals surface area contributed by atoms with Gasteiger partial charge in [-0.3, -0.25) is 9.69 Å². The molecular weight excluding hydrogens is 355 g/mol. The molecule has 1 N–H and O–H groups in total. The van der Waals surface area contributed by atoms with Crippen LogP contribution in [0.25, 0.3) is 0 Å². The van der Waals surface area contributed by atoms with E-state index >= 15 is 0 Å². The molecule has 0 aliphatic carbocycles. The molecule has 2 saturated heterocycles. The molecule has 0 saturated carbocycles. The first kappa shape index (κ1) is 20.1. The van der Waals surface area contributed by atoms with E-state index in [4.69, 9.17) is 0 Å². The van der Waals surface area contributed by atoms with Crippen molar-refractivity contribution >= 4 is 5.91 Å². The van der Waals surface area contributed by atoms with E-state index in [1.165, 1.54) is 6.07 Å². The van der Waals surface area contributed by atoms with Crippen LogP contribution in [0.3, 0.4) is 0 Å². The number of rotatable bonds is 4. The summed E-state index contributed by atoms with van der Waals surface area (Å²) in [4.78, 5) is 17.2. The summed E-state index contributed by atoms with van der Waals surface area (Å²) in [6.45, 7) is 4.11. The van der Waals surface area contributed by atoms with Gasteiger partial charge in [-0.2, -0.15) is 13.2 Å². The second kappa shape index (κ2) is 8.61. The van der Waals surface area contributed by atoms with Gasteiger partial charge in [0, 0.05) is 18.6 Å². The van der Waals surface area contributed by atoms with Gasteiger partial charge in [0.1, 0.15) is 0 Å². The highest BCUT2D eigenvalue weighted by Crippen LogP contribution is 2.29. The fourth-order valence-electron chi connectivity index (χ4n) is 4.14. The Kier molecular flexibility index (Phi) is 6.42. The molecule has 150 valence electrons. The normalized spacial score (nSPS) is 23.3. The molecule has 0 radical (unpaired) electrons. The second-order valence-corrected chi connectivity index (χ2v) is 7.81. The standard InChI is InChI=1S/C20H28F3N3O/c1-25-10-7-18(8-11-25)26-9-3-6-17(14-26)24-19(27)13-15-4-2-5-16(12-15)20(21,22)23/h2,4-5,12,17-18H,3,6-11,13-14H2,1H3,(H,24,27). The maximum atomic E-state index is 12.8. The molecule has 3 rings (SSSR count). The van der Waals surface area contributed by atoms with Gasteiger partial charge in [0.05, 0.1) is 12.0 Å². The first-order valence-electron chi connectivity index (χ1n) is 9.69. The number of hydrogen-bond donors (Lipinski definition) is 1. The molecule has 1 unspecified atom stereocenters. The maximum Gasteiger partial charge on any atom is 0.416 e. The molecular formula is C20H28F3N3O. The monoisotopic (exact) mass is 383 g/mol. The summed E-state index contributed by atoms with van der Waals surface area (Å²) in [5, 5.41) is 3.03. The maximum absolute atomic E-state index is 12.8. The van der Waals surface area contributed by atoms with Crippen molar-refractivity contribution < 1.29 is 18.0 Å². The number of carbonyl (C=O) groups is 1. The Bertz CT molecular complexity index is 642. The van der Waals surface area contributed by atoms with Gasteiger partial charge in [-0.05, 0) is 64.0 Å². The molecule has 2 aliphatic heterocycles. The SMILES string of the molecule is CN1CCC(N2CCCC(NC(=O)Cc3cccc(C(F)(F)F)c3)C2)CC1. The lowest BCUT2D eigenvalue weighted by Gasteiger charge is -2.41. The minimum absolute atomic E-state index is 0.0192. The molecule has 0 bridgehead atoms. The molecule has 27 heavy (non-hydrogen) atoms. The lowest BCUT2D eigenvalue weighted by Crippen LogP contribution is -2.53. The summed E-state index contributed by atoms with van der Waals surface area (Å²) in [5.41, 5.74) is -0.316. The largest absolute Gasteiger partial charge is 0.416 e. The van der Waals surface area contributed by atoms with Gasteiger partial charge in [-0.15, -0.1) is 0 Å². The van der Waals surface area contributed by atoms with E-state index in [2.05, 4.69) is 22.2 Å². The summed E-state index contributed by atoms with van der Waals surface area (Å²) in [5.74, 6) is -0.204. The predicted molar refractivity (Wildman–Crippen MR) is 98.4 cm³/mol. The third-order valence-electron chi connectivity index (χ3n) is 5.64. The number of nitrogens with zero attached hydrogens (tertiary/aromatic N) is 2.